The molecule has 1 aliphatic rings. The second-order valence-electron chi connectivity index (χ2n) is 7.87. The number of guanidine groups is 1. The van der Waals surface area contributed by atoms with Gasteiger partial charge in [0.15, 0.2) is 11.7 Å². The minimum Gasteiger partial charge on any atom is -0.359 e. The van der Waals surface area contributed by atoms with Gasteiger partial charge in [-0.25, -0.2) is 4.99 Å². The first-order valence-electron chi connectivity index (χ1n) is 11.5. The highest BCUT2D eigenvalue weighted by Crippen LogP contribution is 2.23. The molecule has 1 aromatic carbocycles. The van der Waals surface area contributed by atoms with Gasteiger partial charge >= 0.3 is 0 Å². The van der Waals surface area contributed by atoms with Crippen LogP contribution in [0.15, 0.2) is 39.8 Å². The van der Waals surface area contributed by atoms with Gasteiger partial charge in [-0.3, -0.25) is 14.5 Å². The Morgan fingerprint density at radius 2 is 1.75 bits per heavy atom. The number of aromatic nitrogens is 1. The number of rotatable bonds is 11. The molecule has 0 fully saturated rings. The van der Waals surface area contributed by atoms with Gasteiger partial charge in [-0.05, 0) is 44.7 Å². The summed E-state index contributed by atoms with van der Waals surface area (Å²) in [6.45, 7) is 8.58. The summed E-state index contributed by atoms with van der Waals surface area (Å²) in [4.78, 5) is 30.7. The van der Waals surface area contributed by atoms with Gasteiger partial charge in [-0.2, -0.15) is 0 Å². The Morgan fingerprint density at radius 3 is 2.38 bits per heavy atom. The Balaban J connectivity index is 1.44. The van der Waals surface area contributed by atoms with E-state index in [9.17, 15) is 9.59 Å². The van der Waals surface area contributed by atoms with Crippen molar-refractivity contribution in [2.24, 2.45) is 4.99 Å². The Labute approximate surface area is 189 Å². The largest absolute Gasteiger partial charge is 0.359 e. The third kappa shape index (κ3) is 5.55. The van der Waals surface area contributed by atoms with Crippen molar-refractivity contribution >= 4 is 17.8 Å². The first kappa shape index (κ1) is 23.5. The Morgan fingerprint density at radius 1 is 1.06 bits per heavy atom. The lowest BCUT2D eigenvalue weighted by atomic mass is 9.99. The fourth-order valence-corrected chi connectivity index (χ4v) is 3.85. The summed E-state index contributed by atoms with van der Waals surface area (Å²) in [5.74, 6) is 1.47. The van der Waals surface area contributed by atoms with Crippen LogP contribution in [0.4, 0.5) is 0 Å². The molecule has 2 heterocycles. The van der Waals surface area contributed by atoms with E-state index in [4.69, 9.17) is 4.52 Å². The summed E-state index contributed by atoms with van der Waals surface area (Å²) >= 11 is 0. The summed E-state index contributed by atoms with van der Waals surface area (Å²) in [5.41, 5.74) is 1.99. The van der Waals surface area contributed by atoms with E-state index in [2.05, 4.69) is 34.6 Å². The highest BCUT2D eigenvalue weighted by atomic mass is 16.5. The van der Waals surface area contributed by atoms with Crippen molar-refractivity contribution in [3.63, 3.8) is 0 Å². The molecular formula is C24H33N5O3. The Hall–Kier alpha value is -3.16. The number of nitrogens with zero attached hydrogens (tertiary/aromatic N) is 3. The van der Waals surface area contributed by atoms with Gasteiger partial charge in [0.25, 0.3) is 11.8 Å². The van der Waals surface area contributed by atoms with E-state index < -0.39 is 0 Å². The molecule has 0 saturated carbocycles. The summed E-state index contributed by atoms with van der Waals surface area (Å²) in [7, 11) is 0. The molecule has 8 nitrogen and oxygen atoms in total. The molecule has 2 amide bonds. The quantitative estimate of drug-likeness (QED) is 0.240. The number of hydrogen-bond acceptors (Lipinski definition) is 5. The van der Waals surface area contributed by atoms with Crippen LogP contribution in [0, 0.1) is 0 Å². The fourth-order valence-electron chi connectivity index (χ4n) is 3.85. The molecule has 1 aromatic heterocycles. The number of amides is 2. The van der Waals surface area contributed by atoms with Crippen molar-refractivity contribution in [2.75, 3.05) is 19.6 Å². The third-order valence-corrected chi connectivity index (χ3v) is 5.70. The van der Waals surface area contributed by atoms with E-state index in [0.717, 1.165) is 43.7 Å². The highest BCUT2D eigenvalue weighted by Gasteiger charge is 2.34. The second kappa shape index (κ2) is 11.5. The second-order valence-corrected chi connectivity index (χ2v) is 7.87. The highest BCUT2D eigenvalue weighted by molar-refractivity contribution is 6.21. The zero-order valence-corrected chi connectivity index (χ0v) is 19.2. The van der Waals surface area contributed by atoms with E-state index in [0.29, 0.717) is 42.6 Å². The zero-order chi connectivity index (χ0) is 22.9. The molecule has 0 atom stereocenters. The Kier molecular flexibility index (Phi) is 8.41. The normalized spacial score (nSPS) is 13.8. The van der Waals surface area contributed by atoms with E-state index in [1.165, 1.54) is 4.90 Å². The van der Waals surface area contributed by atoms with E-state index in [-0.39, 0.29) is 11.8 Å². The molecule has 1 aliphatic heterocycles. The van der Waals surface area contributed by atoms with Crippen molar-refractivity contribution < 1.29 is 14.1 Å². The number of fused-ring (bicyclic) bond motifs is 1. The number of aliphatic imine (C=N–C) groups is 1. The van der Waals surface area contributed by atoms with E-state index >= 15 is 0 Å². The molecule has 172 valence electrons. The number of carbonyl (C=O) groups excluding carboxylic acids is 2. The first-order chi connectivity index (χ1) is 15.6. The van der Waals surface area contributed by atoms with Gasteiger partial charge < -0.3 is 15.2 Å². The molecule has 0 aliphatic carbocycles. The standard InChI is InChI=1S/C24H33N5O3/c1-4-17(5-2)21-15-18(32-28-21)16-27-24(25-6-3)26-13-9-10-14-29-22(30)19-11-7-8-12-20(19)23(29)31/h7-8,11-12,15,17H,4-6,9-10,13-14,16H2,1-3H3,(H2,25,26,27). The van der Waals surface area contributed by atoms with Crippen molar-refractivity contribution in [1.82, 2.24) is 20.7 Å². The summed E-state index contributed by atoms with van der Waals surface area (Å²) in [6, 6.07) is 8.97. The lowest BCUT2D eigenvalue weighted by Crippen LogP contribution is -2.38. The van der Waals surface area contributed by atoms with Crippen LogP contribution in [-0.2, 0) is 6.54 Å². The average molecular weight is 440 g/mol. The number of hydrogen-bond donors (Lipinski definition) is 2. The number of unbranched alkanes of at least 4 members (excludes halogenated alkanes) is 1. The summed E-state index contributed by atoms with van der Waals surface area (Å²) in [5, 5.41) is 10.7. The zero-order valence-electron chi connectivity index (χ0n) is 19.2. The van der Waals surface area contributed by atoms with Crippen molar-refractivity contribution in [3.05, 3.63) is 52.9 Å². The monoisotopic (exact) mass is 439 g/mol. The molecule has 0 bridgehead atoms. The maximum Gasteiger partial charge on any atom is 0.261 e. The fraction of sp³-hybridized carbons (Fsp3) is 0.500. The Bertz CT molecular complexity index is 914. The van der Waals surface area contributed by atoms with E-state index in [1.54, 1.807) is 24.3 Å². The maximum atomic E-state index is 12.4. The minimum absolute atomic E-state index is 0.201. The predicted molar refractivity (Wildman–Crippen MR) is 124 cm³/mol. The molecule has 0 radical (unpaired) electrons. The maximum absolute atomic E-state index is 12.4. The molecule has 3 rings (SSSR count). The predicted octanol–water partition coefficient (Wildman–Crippen LogP) is 3.71. The van der Waals surface area contributed by atoms with Crippen LogP contribution in [0.3, 0.4) is 0 Å². The minimum atomic E-state index is -0.201. The summed E-state index contributed by atoms with van der Waals surface area (Å²) in [6.07, 6.45) is 3.60. The van der Waals surface area contributed by atoms with Crippen molar-refractivity contribution in [2.45, 2.75) is 58.9 Å². The van der Waals surface area contributed by atoms with Crippen LogP contribution < -0.4 is 10.6 Å². The number of imide groups is 1. The number of nitrogens with one attached hydrogen (secondary N) is 2. The topological polar surface area (TPSA) is 99.8 Å². The van der Waals surface area contributed by atoms with Gasteiger partial charge in [-0.1, -0.05) is 31.1 Å². The molecular weight excluding hydrogens is 406 g/mol. The van der Waals surface area contributed by atoms with Crippen LogP contribution in [0.5, 0.6) is 0 Å². The van der Waals surface area contributed by atoms with E-state index in [1.807, 2.05) is 13.0 Å². The van der Waals surface area contributed by atoms with Crippen LogP contribution in [0.25, 0.3) is 0 Å². The van der Waals surface area contributed by atoms with Gasteiger partial charge in [0.1, 0.15) is 6.54 Å². The SMILES string of the molecule is CCNC(=NCc1cc(C(CC)CC)no1)NCCCCN1C(=O)c2ccccc2C1=O. The van der Waals surface area contributed by atoms with Gasteiger partial charge in [0, 0.05) is 31.6 Å². The molecule has 2 N–H and O–H groups in total. The van der Waals surface area contributed by atoms with Gasteiger partial charge in [-0.15, -0.1) is 0 Å². The molecule has 0 unspecified atom stereocenters. The third-order valence-electron chi connectivity index (χ3n) is 5.70. The van der Waals surface area contributed by atoms with Crippen LogP contribution in [-0.4, -0.2) is 47.5 Å². The molecule has 2 aromatic rings. The molecule has 0 saturated heterocycles. The average Bonchev–Trinajstić information content (AvgIpc) is 3.37. The van der Waals surface area contributed by atoms with Crippen LogP contribution >= 0.6 is 0 Å². The van der Waals surface area contributed by atoms with Crippen LogP contribution in [0.2, 0.25) is 0 Å². The molecule has 8 heteroatoms. The van der Waals surface area contributed by atoms with Gasteiger partial charge in [0.05, 0.1) is 16.8 Å². The lowest BCUT2D eigenvalue weighted by molar-refractivity contribution is 0.0652. The molecule has 32 heavy (non-hydrogen) atoms. The first-order valence-corrected chi connectivity index (χ1v) is 11.5. The van der Waals surface area contributed by atoms with Crippen molar-refractivity contribution in [3.8, 4) is 0 Å². The summed E-state index contributed by atoms with van der Waals surface area (Å²) < 4.78 is 5.44. The van der Waals surface area contributed by atoms with Crippen LogP contribution in [0.1, 0.15) is 84.5 Å². The number of benzene rings is 1. The number of carbonyl (C=O) groups is 2. The lowest BCUT2D eigenvalue weighted by Gasteiger charge is -2.14. The molecule has 0 spiro atoms. The van der Waals surface area contributed by atoms with Gasteiger partial charge in [0.2, 0.25) is 0 Å². The smallest absolute Gasteiger partial charge is 0.261 e. The van der Waals surface area contributed by atoms with Crippen molar-refractivity contribution in [1.29, 1.82) is 0 Å².